The lowest BCUT2D eigenvalue weighted by atomic mass is 10.00. The number of rotatable bonds is 4. The SMILES string of the molecule is Cc1ccc(C(C)C(=O)NS(=O)(=O)c2cc(Cl)cc3cccnc23)cc1. The van der Waals surface area contributed by atoms with E-state index in [1.807, 2.05) is 31.2 Å². The van der Waals surface area contributed by atoms with Crippen molar-refractivity contribution in [3.8, 4) is 0 Å². The number of carbonyl (C=O) groups excluding carboxylic acids is 1. The smallest absolute Gasteiger partial charge is 0.266 e. The molecule has 0 saturated carbocycles. The van der Waals surface area contributed by atoms with Crippen molar-refractivity contribution in [1.82, 2.24) is 9.71 Å². The first-order chi connectivity index (χ1) is 12.3. The normalized spacial score (nSPS) is 12.7. The van der Waals surface area contributed by atoms with Crippen LogP contribution in [-0.2, 0) is 14.8 Å². The summed E-state index contributed by atoms with van der Waals surface area (Å²) >= 11 is 6.03. The second-order valence-corrected chi connectivity index (χ2v) is 8.17. The van der Waals surface area contributed by atoms with Crippen LogP contribution in [0.3, 0.4) is 0 Å². The van der Waals surface area contributed by atoms with Gasteiger partial charge in [0.25, 0.3) is 10.0 Å². The minimum atomic E-state index is -4.12. The maximum atomic E-state index is 12.8. The second kappa shape index (κ2) is 7.05. The Labute approximate surface area is 157 Å². The van der Waals surface area contributed by atoms with Gasteiger partial charge < -0.3 is 0 Å². The number of amides is 1. The molecule has 2 aromatic carbocycles. The third-order valence-electron chi connectivity index (χ3n) is 4.13. The van der Waals surface area contributed by atoms with Gasteiger partial charge in [0, 0.05) is 16.6 Å². The minimum Gasteiger partial charge on any atom is -0.273 e. The Kier molecular flexibility index (Phi) is 4.98. The molecule has 1 heterocycles. The van der Waals surface area contributed by atoms with E-state index in [2.05, 4.69) is 9.71 Å². The number of hydrogen-bond acceptors (Lipinski definition) is 4. The van der Waals surface area contributed by atoms with E-state index in [-0.39, 0.29) is 15.4 Å². The third kappa shape index (κ3) is 3.71. The molecule has 3 aromatic rings. The number of benzene rings is 2. The van der Waals surface area contributed by atoms with Crippen LogP contribution in [0.2, 0.25) is 5.02 Å². The van der Waals surface area contributed by atoms with E-state index in [0.29, 0.717) is 5.39 Å². The summed E-state index contributed by atoms with van der Waals surface area (Å²) in [6.07, 6.45) is 1.49. The summed E-state index contributed by atoms with van der Waals surface area (Å²) in [7, 11) is -4.12. The summed E-state index contributed by atoms with van der Waals surface area (Å²) in [5.74, 6) is -1.23. The van der Waals surface area contributed by atoms with Gasteiger partial charge in [-0.3, -0.25) is 9.78 Å². The zero-order valence-electron chi connectivity index (χ0n) is 14.2. The Morgan fingerprint density at radius 2 is 1.85 bits per heavy atom. The summed E-state index contributed by atoms with van der Waals surface area (Å²) in [4.78, 5) is 16.5. The number of fused-ring (bicyclic) bond motifs is 1. The van der Waals surface area contributed by atoms with Gasteiger partial charge in [-0.1, -0.05) is 47.5 Å². The first kappa shape index (κ1) is 18.4. The fraction of sp³-hybridized carbons (Fsp3) is 0.158. The van der Waals surface area contributed by atoms with Gasteiger partial charge in [-0.2, -0.15) is 0 Å². The first-order valence-electron chi connectivity index (χ1n) is 7.95. The van der Waals surface area contributed by atoms with Gasteiger partial charge in [0.1, 0.15) is 4.90 Å². The predicted molar refractivity (Wildman–Crippen MR) is 102 cm³/mol. The average molecular weight is 389 g/mol. The summed E-state index contributed by atoms with van der Waals surface area (Å²) < 4.78 is 27.7. The Balaban J connectivity index is 1.94. The molecule has 0 saturated heterocycles. The molecule has 7 heteroatoms. The molecule has 1 amide bonds. The highest BCUT2D eigenvalue weighted by Gasteiger charge is 2.25. The third-order valence-corrected chi connectivity index (χ3v) is 5.71. The molecular formula is C19H17ClN2O3S. The largest absolute Gasteiger partial charge is 0.273 e. The average Bonchev–Trinajstić information content (AvgIpc) is 2.60. The number of aryl methyl sites for hydroxylation is 1. The predicted octanol–water partition coefficient (Wildman–Crippen LogP) is 3.81. The number of carbonyl (C=O) groups is 1. The highest BCUT2D eigenvalue weighted by atomic mass is 35.5. The van der Waals surface area contributed by atoms with Crippen molar-refractivity contribution in [2.45, 2.75) is 24.7 Å². The van der Waals surface area contributed by atoms with Gasteiger partial charge in [-0.25, -0.2) is 13.1 Å². The number of aromatic nitrogens is 1. The summed E-state index contributed by atoms with van der Waals surface area (Å²) in [6, 6.07) is 13.7. The first-order valence-corrected chi connectivity index (χ1v) is 9.81. The maximum absolute atomic E-state index is 12.8. The molecule has 0 bridgehead atoms. The Morgan fingerprint density at radius 3 is 2.54 bits per heavy atom. The number of pyridine rings is 1. The van der Waals surface area contributed by atoms with Crippen LogP contribution in [0.4, 0.5) is 0 Å². The van der Waals surface area contributed by atoms with Crippen LogP contribution in [0.5, 0.6) is 0 Å². The molecule has 5 nitrogen and oxygen atoms in total. The molecular weight excluding hydrogens is 372 g/mol. The van der Waals surface area contributed by atoms with Crippen LogP contribution >= 0.6 is 11.6 Å². The second-order valence-electron chi connectivity index (χ2n) is 6.08. The summed E-state index contributed by atoms with van der Waals surface area (Å²) in [5.41, 5.74) is 2.06. The molecule has 0 aliphatic carbocycles. The zero-order chi connectivity index (χ0) is 18.9. The van der Waals surface area contributed by atoms with Crippen molar-refractivity contribution < 1.29 is 13.2 Å². The number of hydrogen-bond donors (Lipinski definition) is 1. The molecule has 26 heavy (non-hydrogen) atoms. The molecule has 1 aromatic heterocycles. The van der Waals surface area contributed by atoms with Gasteiger partial charge >= 0.3 is 0 Å². The van der Waals surface area contributed by atoms with E-state index < -0.39 is 21.8 Å². The molecule has 0 aliphatic heterocycles. The summed E-state index contributed by atoms with van der Waals surface area (Å²) in [6.45, 7) is 3.60. The molecule has 3 rings (SSSR count). The van der Waals surface area contributed by atoms with E-state index >= 15 is 0 Å². The van der Waals surface area contributed by atoms with Crippen LogP contribution in [0, 0.1) is 6.92 Å². The van der Waals surface area contributed by atoms with Crippen LogP contribution in [-0.4, -0.2) is 19.3 Å². The number of nitrogens with one attached hydrogen (secondary N) is 1. The van der Waals surface area contributed by atoms with Crippen molar-refractivity contribution in [1.29, 1.82) is 0 Å². The van der Waals surface area contributed by atoms with Gasteiger partial charge in [0.05, 0.1) is 11.4 Å². The van der Waals surface area contributed by atoms with E-state index in [1.165, 1.54) is 12.3 Å². The minimum absolute atomic E-state index is 0.120. The topological polar surface area (TPSA) is 76.1 Å². The highest BCUT2D eigenvalue weighted by Crippen LogP contribution is 2.26. The molecule has 0 aliphatic rings. The molecule has 1 atom stereocenters. The van der Waals surface area contributed by atoms with E-state index in [9.17, 15) is 13.2 Å². The van der Waals surface area contributed by atoms with E-state index in [0.717, 1.165) is 11.1 Å². The molecule has 0 spiro atoms. The van der Waals surface area contributed by atoms with Crippen molar-refractivity contribution >= 4 is 38.4 Å². The fourth-order valence-electron chi connectivity index (χ4n) is 2.61. The summed E-state index contributed by atoms with van der Waals surface area (Å²) in [5, 5.41) is 0.837. The van der Waals surface area contributed by atoms with Gasteiger partial charge in [0.15, 0.2) is 0 Å². The van der Waals surface area contributed by atoms with Crippen LogP contribution < -0.4 is 4.72 Å². The molecule has 0 radical (unpaired) electrons. The molecule has 134 valence electrons. The van der Waals surface area contributed by atoms with Gasteiger partial charge in [0.2, 0.25) is 5.91 Å². The Bertz CT molecular complexity index is 1080. The molecule has 0 fully saturated rings. The number of sulfonamides is 1. The quantitative estimate of drug-likeness (QED) is 0.737. The van der Waals surface area contributed by atoms with Crippen molar-refractivity contribution in [2.75, 3.05) is 0 Å². The van der Waals surface area contributed by atoms with Crippen molar-refractivity contribution in [3.05, 3.63) is 70.9 Å². The number of halogens is 1. The lowest BCUT2D eigenvalue weighted by Crippen LogP contribution is -2.34. The van der Waals surface area contributed by atoms with Gasteiger partial charge in [-0.05, 0) is 37.6 Å². The maximum Gasteiger partial charge on any atom is 0.266 e. The Hall–Kier alpha value is -2.44. The lowest BCUT2D eigenvalue weighted by molar-refractivity contribution is -0.120. The van der Waals surface area contributed by atoms with Gasteiger partial charge in [-0.15, -0.1) is 0 Å². The standard InChI is InChI=1S/C19H17ClN2O3S/c1-12-5-7-14(8-6-12)13(2)19(23)22-26(24,25)17-11-16(20)10-15-4-3-9-21-18(15)17/h3-11,13H,1-2H3,(H,22,23). The monoisotopic (exact) mass is 388 g/mol. The lowest BCUT2D eigenvalue weighted by Gasteiger charge is -2.14. The van der Waals surface area contributed by atoms with E-state index in [4.69, 9.17) is 11.6 Å². The van der Waals surface area contributed by atoms with Crippen molar-refractivity contribution in [3.63, 3.8) is 0 Å². The van der Waals surface area contributed by atoms with Crippen molar-refractivity contribution in [2.24, 2.45) is 0 Å². The van der Waals surface area contributed by atoms with Crippen LogP contribution in [0.25, 0.3) is 10.9 Å². The van der Waals surface area contributed by atoms with Crippen LogP contribution in [0.15, 0.2) is 59.6 Å². The fourth-order valence-corrected chi connectivity index (χ4v) is 4.16. The Morgan fingerprint density at radius 1 is 1.15 bits per heavy atom. The highest BCUT2D eigenvalue weighted by molar-refractivity contribution is 7.90. The number of nitrogens with zero attached hydrogens (tertiary/aromatic N) is 1. The van der Waals surface area contributed by atoms with Crippen LogP contribution in [0.1, 0.15) is 24.0 Å². The van der Waals surface area contributed by atoms with E-state index in [1.54, 1.807) is 25.1 Å². The zero-order valence-corrected chi connectivity index (χ0v) is 15.8. The molecule has 1 N–H and O–H groups in total. The molecule has 1 unspecified atom stereocenters.